The Bertz CT molecular complexity index is 628. The monoisotopic (exact) mass is 304 g/mol. The molecule has 0 aliphatic carbocycles. The first-order valence-corrected chi connectivity index (χ1v) is 6.61. The molecule has 0 spiro atoms. The minimum absolute atomic E-state index is 0.473. The highest BCUT2D eigenvalue weighted by Gasteiger charge is 2.25. The first-order chi connectivity index (χ1) is 9.52. The van der Waals surface area contributed by atoms with Crippen LogP contribution in [0.1, 0.15) is 0 Å². The summed E-state index contributed by atoms with van der Waals surface area (Å²) < 4.78 is 0. The van der Waals surface area contributed by atoms with E-state index in [-0.39, 0.29) is 0 Å². The highest BCUT2D eigenvalue weighted by molar-refractivity contribution is 7.80. The number of nitrogens with two attached hydrogens (primary N) is 1. The molecule has 2 N–H and O–H groups in total. The van der Waals surface area contributed by atoms with Crippen LogP contribution >= 0.6 is 25.3 Å². The number of anilines is 2. The number of hydrogen-bond acceptors (Lipinski definition) is 4. The Morgan fingerprint density at radius 3 is 1.60 bits per heavy atom. The third-order valence-corrected chi connectivity index (χ3v) is 3.42. The Morgan fingerprint density at radius 2 is 1.25 bits per heavy atom. The third kappa shape index (κ3) is 2.81. The molecule has 0 aliphatic heterocycles. The summed E-state index contributed by atoms with van der Waals surface area (Å²) in [5.41, 5.74) is 6.08. The number of carbonyl (C=O) groups excluding carboxylic acids is 2. The summed E-state index contributed by atoms with van der Waals surface area (Å²) in [6.07, 6.45) is 0. The fourth-order valence-electron chi connectivity index (χ4n) is 1.77. The van der Waals surface area contributed by atoms with Gasteiger partial charge in [-0.3, -0.25) is 14.5 Å². The maximum Gasteiger partial charge on any atom is 0.320 e. The zero-order valence-electron chi connectivity index (χ0n) is 10.4. The van der Waals surface area contributed by atoms with E-state index in [1.807, 2.05) is 0 Å². The molecule has 0 heterocycles. The van der Waals surface area contributed by atoms with Gasteiger partial charge < -0.3 is 5.73 Å². The van der Waals surface area contributed by atoms with Gasteiger partial charge in [0.2, 0.25) is 0 Å². The molecule has 2 aromatic rings. The van der Waals surface area contributed by atoms with Gasteiger partial charge in [-0.1, -0.05) is 24.3 Å². The van der Waals surface area contributed by atoms with E-state index >= 15 is 0 Å². The molecule has 0 radical (unpaired) electrons. The maximum atomic E-state index is 12.1. The van der Waals surface area contributed by atoms with Crippen LogP contribution in [0.25, 0.3) is 0 Å². The number of amides is 2. The normalized spacial score (nSPS) is 10.1. The largest absolute Gasteiger partial charge is 0.361 e. The predicted octanol–water partition coefficient (Wildman–Crippen LogP) is 2.41. The van der Waals surface area contributed by atoms with Crippen LogP contribution < -0.4 is 10.6 Å². The lowest BCUT2D eigenvalue weighted by Gasteiger charge is -2.24. The minimum atomic E-state index is -1.04. The summed E-state index contributed by atoms with van der Waals surface area (Å²) in [4.78, 5) is 25.7. The second-order valence-electron chi connectivity index (χ2n) is 3.98. The van der Waals surface area contributed by atoms with E-state index in [0.717, 1.165) is 0 Å². The van der Waals surface area contributed by atoms with Crippen molar-refractivity contribution in [2.75, 3.05) is 4.90 Å². The van der Waals surface area contributed by atoms with Crippen LogP contribution in [0.15, 0.2) is 58.3 Å². The second-order valence-corrected chi connectivity index (χ2v) is 4.95. The quantitative estimate of drug-likeness (QED) is 0.589. The zero-order valence-corrected chi connectivity index (χ0v) is 12.1. The Kier molecular flexibility index (Phi) is 4.36. The van der Waals surface area contributed by atoms with Gasteiger partial charge in [0.25, 0.3) is 0 Å². The maximum absolute atomic E-state index is 12.1. The Balaban J connectivity index is 2.63. The van der Waals surface area contributed by atoms with Crippen LogP contribution in [0.4, 0.5) is 11.4 Å². The molecule has 2 aromatic carbocycles. The van der Waals surface area contributed by atoms with Gasteiger partial charge >= 0.3 is 11.8 Å². The lowest BCUT2D eigenvalue weighted by molar-refractivity contribution is -0.135. The molecule has 0 atom stereocenters. The van der Waals surface area contributed by atoms with E-state index < -0.39 is 11.8 Å². The number of thiol groups is 2. The van der Waals surface area contributed by atoms with Crippen molar-refractivity contribution in [3.8, 4) is 0 Å². The van der Waals surface area contributed by atoms with E-state index in [9.17, 15) is 9.59 Å². The number of primary amides is 1. The predicted molar refractivity (Wildman–Crippen MR) is 83.7 cm³/mol. The van der Waals surface area contributed by atoms with Crippen LogP contribution in [0.2, 0.25) is 0 Å². The molecule has 2 rings (SSSR count). The van der Waals surface area contributed by atoms with Crippen LogP contribution in [-0.4, -0.2) is 11.8 Å². The summed E-state index contributed by atoms with van der Waals surface area (Å²) in [6, 6.07) is 13.9. The molecule has 0 saturated heterocycles. The molecule has 6 heteroatoms. The van der Waals surface area contributed by atoms with Crippen LogP contribution in [0, 0.1) is 0 Å². The molecule has 0 aliphatic rings. The van der Waals surface area contributed by atoms with Crippen molar-refractivity contribution in [2.45, 2.75) is 9.79 Å². The van der Waals surface area contributed by atoms with Gasteiger partial charge in [-0.15, -0.1) is 25.3 Å². The molecule has 102 valence electrons. The number of para-hydroxylation sites is 2. The first kappa shape index (κ1) is 14.5. The second kappa shape index (κ2) is 6.02. The number of hydrogen-bond donors (Lipinski definition) is 3. The van der Waals surface area contributed by atoms with Crippen molar-refractivity contribution >= 4 is 48.4 Å². The fraction of sp³-hybridized carbons (Fsp3) is 0. The highest BCUT2D eigenvalue weighted by atomic mass is 32.1. The smallest absolute Gasteiger partial charge is 0.320 e. The van der Waals surface area contributed by atoms with Gasteiger partial charge in [-0.05, 0) is 24.3 Å². The lowest BCUT2D eigenvalue weighted by Crippen LogP contribution is -2.37. The highest BCUT2D eigenvalue weighted by Crippen LogP contribution is 2.34. The van der Waals surface area contributed by atoms with Gasteiger partial charge in [0.1, 0.15) is 0 Å². The summed E-state index contributed by atoms with van der Waals surface area (Å²) in [6.45, 7) is 0. The molecule has 4 nitrogen and oxygen atoms in total. The van der Waals surface area contributed by atoms with Gasteiger partial charge in [-0.25, -0.2) is 0 Å². The molecule has 0 fully saturated rings. The third-order valence-electron chi connectivity index (χ3n) is 2.66. The van der Waals surface area contributed by atoms with E-state index in [4.69, 9.17) is 5.73 Å². The topological polar surface area (TPSA) is 63.4 Å². The van der Waals surface area contributed by atoms with Crippen molar-refractivity contribution in [2.24, 2.45) is 5.73 Å². The number of benzene rings is 2. The molecule has 20 heavy (non-hydrogen) atoms. The average Bonchev–Trinajstić information content (AvgIpc) is 2.43. The lowest BCUT2D eigenvalue weighted by atomic mass is 10.2. The van der Waals surface area contributed by atoms with Crippen molar-refractivity contribution in [3.05, 3.63) is 48.5 Å². The van der Waals surface area contributed by atoms with Gasteiger partial charge in [0.05, 0.1) is 11.4 Å². The van der Waals surface area contributed by atoms with E-state index in [2.05, 4.69) is 25.3 Å². The Labute approximate surface area is 127 Å². The SMILES string of the molecule is NC(=O)C(=O)N(c1ccccc1S)c1ccccc1S. The summed E-state index contributed by atoms with van der Waals surface area (Å²) in [7, 11) is 0. The average molecular weight is 304 g/mol. The van der Waals surface area contributed by atoms with E-state index in [1.165, 1.54) is 4.90 Å². The summed E-state index contributed by atoms with van der Waals surface area (Å²) in [5.74, 6) is -1.88. The molecular weight excluding hydrogens is 292 g/mol. The summed E-state index contributed by atoms with van der Waals surface area (Å²) >= 11 is 8.63. The van der Waals surface area contributed by atoms with Crippen molar-refractivity contribution in [1.29, 1.82) is 0 Å². The van der Waals surface area contributed by atoms with Gasteiger partial charge in [0, 0.05) is 9.79 Å². The number of carbonyl (C=O) groups is 2. The molecule has 0 bridgehead atoms. The minimum Gasteiger partial charge on any atom is -0.361 e. The Morgan fingerprint density at radius 1 is 0.850 bits per heavy atom. The number of rotatable bonds is 2. The molecule has 0 aromatic heterocycles. The van der Waals surface area contributed by atoms with Gasteiger partial charge in [-0.2, -0.15) is 0 Å². The van der Waals surface area contributed by atoms with E-state index in [0.29, 0.717) is 21.2 Å². The first-order valence-electron chi connectivity index (χ1n) is 5.72. The fourth-order valence-corrected chi connectivity index (χ4v) is 2.29. The van der Waals surface area contributed by atoms with Crippen molar-refractivity contribution < 1.29 is 9.59 Å². The number of nitrogens with zero attached hydrogens (tertiary/aromatic N) is 1. The van der Waals surface area contributed by atoms with Crippen molar-refractivity contribution in [1.82, 2.24) is 0 Å². The summed E-state index contributed by atoms with van der Waals surface area (Å²) in [5, 5.41) is 0. The molecule has 0 saturated carbocycles. The Hall–Kier alpha value is -1.92. The van der Waals surface area contributed by atoms with Gasteiger partial charge in [0.15, 0.2) is 0 Å². The van der Waals surface area contributed by atoms with E-state index in [1.54, 1.807) is 48.5 Å². The standard InChI is InChI=1S/C14H12N2O2S2/c15-13(17)14(18)16(9-5-1-3-7-11(9)19)10-6-2-4-8-12(10)20/h1-8,19-20H,(H2,15,17). The van der Waals surface area contributed by atoms with Crippen LogP contribution in [-0.2, 0) is 9.59 Å². The van der Waals surface area contributed by atoms with Crippen LogP contribution in [0.5, 0.6) is 0 Å². The molecular formula is C14H12N2O2S2. The molecule has 2 amide bonds. The van der Waals surface area contributed by atoms with Crippen molar-refractivity contribution in [3.63, 3.8) is 0 Å². The van der Waals surface area contributed by atoms with Crippen LogP contribution in [0.3, 0.4) is 0 Å². The molecule has 0 unspecified atom stereocenters. The zero-order chi connectivity index (χ0) is 14.7.